The van der Waals surface area contributed by atoms with Gasteiger partial charge in [0, 0.05) is 18.3 Å². The van der Waals surface area contributed by atoms with E-state index in [0.717, 1.165) is 37.2 Å². The Morgan fingerprint density at radius 1 is 1.16 bits per heavy atom. The Morgan fingerprint density at radius 2 is 1.95 bits per heavy atom. The third-order valence-electron chi connectivity index (χ3n) is 6.85. The van der Waals surface area contributed by atoms with E-state index in [2.05, 4.69) is 14.9 Å². The molecule has 6 rings (SSSR count). The molecule has 2 atom stereocenters. The third kappa shape index (κ3) is 4.06. The molecule has 1 aromatic carbocycles. The van der Waals surface area contributed by atoms with Crippen LogP contribution in [0.25, 0.3) is 0 Å². The summed E-state index contributed by atoms with van der Waals surface area (Å²) in [6.45, 7) is 1.25. The number of halogens is 5. The number of aromatic nitrogens is 3. The van der Waals surface area contributed by atoms with Gasteiger partial charge in [-0.3, -0.25) is 9.55 Å². The molecule has 8 nitrogen and oxygen atoms in total. The first-order valence-corrected chi connectivity index (χ1v) is 11.4. The third-order valence-corrected chi connectivity index (χ3v) is 6.85. The van der Waals surface area contributed by atoms with Crippen molar-refractivity contribution in [2.45, 2.75) is 43.8 Å². The van der Waals surface area contributed by atoms with Gasteiger partial charge in [-0.25, -0.2) is 13.6 Å². The lowest BCUT2D eigenvalue weighted by Gasteiger charge is -2.39. The SMILES string of the molecule is O=c1nc(OCc2cc(F)c(Oc3ccnc(C(F)(F)F)c3)c(F)c2)cc2n1CC13CCC(COC1)N23. The summed E-state index contributed by atoms with van der Waals surface area (Å²) < 4.78 is 85.7. The highest BCUT2D eigenvalue weighted by Crippen LogP contribution is 2.47. The maximum Gasteiger partial charge on any atom is 0.433 e. The number of pyridine rings is 1. The second-order valence-electron chi connectivity index (χ2n) is 9.28. The summed E-state index contributed by atoms with van der Waals surface area (Å²) >= 11 is 0. The Morgan fingerprint density at radius 3 is 2.70 bits per heavy atom. The van der Waals surface area contributed by atoms with Gasteiger partial charge in [-0.05, 0) is 36.6 Å². The second-order valence-corrected chi connectivity index (χ2v) is 9.28. The van der Waals surface area contributed by atoms with Crippen LogP contribution in [-0.4, -0.2) is 39.3 Å². The zero-order valence-corrected chi connectivity index (χ0v) is 19.1. The molecule has 2 aromatic heterocycles. The number of morpholine rings is 1. The predicted octanol–water partition coefficient (Wildman–Crippen LogP) is 4.06. The van der Waals surface area contributed by atoms with Crippen LogP contribution in [0.4, 0.5) is 27.8 Å². The van der Waals surface area contributed by atoms with Crippen molar-refractivity contribution in [3.05, 3.63) is 69.9 Å². The fraction of sp³-hybridized carbons (Fsp3) is 0.375. The van der Waals surface area contributed by atoms with Crippen LogP contribution in [0.1, 0.15) is 24.1 Å². The van der Waals surface area contributed by atoms with Crippen molar-refractivity contribution in [2.24, 2.45) is 0 Å². The van der Waals surface area contributed by atoms with Crippen molar-refractivity contribution in [1.82, 2.24) is 14.5 Å². The van der Waals surface area contributed by atoms with Crippen LogP contribution in [-0.2, 0) is 24.1 Å². The summed E-state index contributed by atoms with van der Waals surface area (Å²) in [7, 11) is 0. The smallest absolute Gasteiger partial charge is 0.433 e. The average molecular weight is 522 g/mol. The van der Waals surface area contributed by atoms with Crippen LogP contribution in [0.15, 0.2) is 41.3 Å². The number of hydrogen-bond acceptors (Lipinski definition) is 7. The highest BCUT2D eigenvalue weighted by Gasteiger charge is 2.55. The Balaban J connectivity index is 1.20. The molecule has 0 N–H and O–H groups in total. The minimum Gasteiger partial charge on any atom is -0.473 e. The van der Waals surface area contributed by atoms with Crippen LogP contribution >= 0.6 is 0 Å². The number of fused-ring (bicyclic) bond motifs is 1. The molecule has 0 aliphatic carbocycles. The van der Waals surface area contributed by atoms with Crippen LogP contribution in [0, 0.1) is 11.6 Å². The normalized spacial score (nSPS) is 22.1. The molecule has 0 saturated carbocycles. The van der Waals surface area contributed by atoms with Crippen LogP contribution in [0.2, 0.25) is 0 Å². The van der Waals surface area contributed by atoms with Crippen molar-refractivity contribution in [1.29, 1.82) is 0 Å². The second kappa shape index (κ2) is 8.40. The zero-order chi connectivity index (χ0) is 25.9. The molecule has 3 aliphatic heterocycles. The first-order chi connectivity index (χ1) is 17.6. The van der Waals surface area contributed by atoms with Crippen molar-refractivity contribution in [3.63, 3.8) is 0 Å². The quantitative estimate of drug-likeness (QED) is 0.468. The Hall–Kier alpha value is -3.74. The van der Waals surface area contributed by atoms with E-state index in [1.54, 1.807) is 10.6 Å². The lowest BCUT2D eigenvalue weighted by molar-refractivity contribution is -0.141. The molecule has 2 saturated heterocycles. The molecule has 0 radical (unpaired) electrons. The molecule has 2 unspecified atom stereocenters. The monoisotopic (exact) mass is 522 g/mol. The molecule has 13 heteroatoms. The fourth-order valence-corrected chi connectivity index (χ4v) is 5.28. The standard InChI is InChI=1S/C24H19F5N4O4/c25-16-5-13(6-17(26)21(16)37-15-2-4-30-18(7-15)24(27,28)29)9-36-19-8-20-32(22(34)31-19)11-23-3-1-14(33(20)23)10-35-12-23/h2,4-8,14H,1,3,9-12H2. The molecule has 194 valence electrons. The molecule has 3 aromatic rings. The number of alkyl halides is 3. The molecule has 2 fully saturated rings. The van der Waals surface area contributed by atoms with Gasteiger partial charge in [-0.1, -0.05) is 0 Å². The molecule has 2 bridgehead atoms. The highest BCUT2D eigenvalue weighted by atomic mass is 19.4. The van der Waals surface area contributed by atoms with Crippen molar-refractivity contribution >= 4 is 5.82 Å². The van der Waals surface area contributed by atoms with Gasteiger partial charge < -0.3 is 19.1 Å². The first-order valence-electron chi connectivity index (χ1n) is 11.4. The zero-order valence-electron chi connectivity index (χ0n) is 19.1. The number of ether oxygens (including phenoxy) is 3. The molecular weight excluding hydrogens is 503 g/mol. The summed E-state index contributed by atoms with van der Waals surface area (Å²) in [5, 5.41) is 0. The average Bonchev–Trinajstić information content (AvgIpc) is 3.29. The van der Waals surface area contributed by atoms with Crippen LogP contribution in [0.3, 0.4) is 0 Å². The van der Waals surface area contributed by atoms with E-state index < -0.39 is 40.7 Å². The van der Waals surface area contributed by atoms with E-state index in [1.165, 1.54) is 0 Å². The van der Waals surface area contributed by atoms with Gasteiger partial charge in [0.2, 0.25) is 5.88 Å². The summed E-state index contributed by atoms with van der Waals surface area (Å²) in [5.41, 5.74) is -1.95. The Kier molecular flexibility index (Phi) is 5.37. The minimum atomic E-state index is -4.74. The van der Waals surface area contributed by atoms with E-state index in [1.807, 2.05) is 0 Å². The summed E-state index contributed by atoms with van der Waals surface area (Å²) in [4.78, 5) is 22.0. The molecule has 0 spiro atoms. The molecular formula is C24H19F5N4O4. The molecule has 5 heterocycles. The number of anilines is 1. The van der Waals surface area contributed by atoms with Crippen LogP contribution < -0.4 is 20.1 Å². The van der Waals surface area contributed by atoms with E-state index >= 15 is 0 Å². The van der Waals surface area contributed by atoms with E-state index in [4.69, 9.17) is 14.2 Å². The topological polar surface area (TPSA) is 78.7 Å². The Labute approximate surface area is 206 Å². The van der Waals surface area contributed by atoms with Gasteiger partial charge in [0.1, 0.15) is 23.9 Å². The van der Waals surface area contributed by atoms with Crippen molar-refractivity contribution in [2.75, 3.05) is 18.1 Å². The van der Waals surface area contributed by atoms with Gasteiger partial charge in [0.15, 0.2) is 17.4 Å². The van der Waals surface area contributed by atoms with Crippen molar-refractivity contribution in [3.8, 4) is 17.4 Å². The number of benzene rings is 1. The lowest BCUT2D eigenvalue weighted by atomic mass is 9.99. The predicted molar refractivity (Wildman–Crippen MR) is 118 cm³/mol. The summed E-state index contributed by atoms with van der Waals surface area (Å²) in [6, 6.07) is 5.25. The summed E-state index contributed by atoms with van der Waals surface area (Å²) in [5.74, 6) is -2.89. The number of hydrogen-bond donors (Lipinski definition) is 0. The molecule has 37 heavy (non-hydrogen) atoms. The maximum atomic E-state index is 14.6. The number of nitrogens with zero attached hydrogens (tertiary/aromatic N) is 4. The van der Waals surface area contributed by atoms with Gasteiger partial charge in [-0.2, -0.15) is 18.2 Å². The number of rotatable bonds is 5. The first kappa shape index (κ1) is 23.6. The summed E-state index contributed by atoms with van der Waals surface area (Å²) in [6.07, 6.45) is -2.06. The molecule has 3 aliphatic rings. The van der Waals surface area contributed by atoms with Gasteiger partial charge >= 0.3 is 11.9 Å². The van der Waals surface area contributed by atoms with E-state index in [0.29, 0.717) is 31.6 Å². The van der Waals surface area contributed by atoms with Gasteiger partial charge in [0.05, 0.1) is 31.3 Å². The highest BCUT2D eigenvalue weighted by molar-refractivity contribution is 5.53. The maximum absolute atomic E-state index is 14.6. The van der Waals surface area contributed by atoms with Crippen LogP contribution in [0.5, 0.6) is 17.4 Å². The fourth-order valence-electron chi connectivity index (χ4n) is 5.28. The van der Waals surface area contributed by atoms with Crippen molar-refractivity contribution < 1.29 is 36.2 Å². The largest absolute Gasteiger partial charge is 0.473 e. The van der Waals surface area contributed by atoms with Gasteiger partial charge in [0.25, 0.3) is 0 Å². The lowest BCUT2D eigenvalue weighted by Crippen LogP contribution is -2.54. The Bertz CT molecular complexity index is 1420. The van der Waals surface area contributed by atoms with Gasteiger partial charge in [-0.15, -0.1) is 0 Å². The molecule has 0 amide bonds. The minimum absolute atomic E-state index is 0.0109. The van der Waals surface area contributed by atoms with E-state index in [9.17, 15) is 26.7 Å². The van der Waals surface area contributed by atoms with E-state index in [-0.39, 0.29) is 29.6 Å².